The minimum absolute atomic E-state index is 0.0135. The second kappa shape index (κ2) is 16.0. The van der Waals surface area contributed by atoms with Crippen molar-refractivity contribution in [2.24, 2.45) is 29.1 Å². The summed E-state index contributed by atoms with van der Waals surface area (Å²) in [5.41, 5.74) is -0.653. The zero-order chi connectivity index (χ0) is 36.2. The number of ketones is 1. The van der Waals surface area contributed by atoms with E-state index in [9.17, 15) is 28.8 Å². The molecular formula is C37H55N7O6. The van der Waals surface area contributed by atoms with E-state index in [2.05, 4.69) is 31.2 Å². The molecule has 0 radical (unpaired) electrons. The molecule has 13 nitrogen and oxygen atoms in total. The van der Waals surface area contributed by atoms with E-state index in [4.69, 9.17) is 0 Å². The van der Waals surface area contributed by atoms with Crippen molar-refractivity contribution >= 4 is 35.3 Å². The van der Waals surface area contributed by atoms with Crippen LogP contribution in [0.15, 0.2) is 18.6 Å². The fraction of sp³-hybridized carbons (Fsp3) is 0.730. The second-order valence-corrected chi connectivity index (χ2v) is 16.3. The highest BCUT2D eigenvalue weighted by Crippen LogP contribution is 2.36. The van der Waals surface area contributed by atoms with Gasteiger partial charge in [0.25, 0.3) is 11.8 Å². The number of likely N-dealkylation sites (tertiary alicyclic amines) is 1. The molecule has 0 spiro atoms. The number of hydrogen-bond donors (Lipinski definition) is 4. The highest BCUT2D eigenvalue weighted by atomic mass is 16.2. The van der Waals surface area contributed by atoms with Crippen molar-refractivity contribution in [3.63, 3.8) is 0 Å². The fourth-order valence-corrected chi connectivity index (χ4v) is 7.46. The lowest BCUT2D eigenvalue weighted by molar-refractivity contribution is -0.146. The van der Waals surface area contributed by atoms with Crippen LogP contribution in [-0.2, 0) is 24.0 Å². The van der Waals surface area contributed by atoms with Crippen LogP contribution in [0.1, 0.15) is 116 Å². The standard InChI is InChI=1S/C37H55N7O6/c1-21(2)25-15-18-44(29(25)34(48)41-26(19-22-11-12-22)30(45)35(49)40-24-13-14-24)36(50)31(37(3,4)5)43-33(47)28(23-9-7-6-8-10-23)42-32(46)27-20-38-16-17-39-27/h16-17,20-26,28-29,31H,6-15,18-19H2,1-5H3,(H,40,49)(H,41,48)(H,42,46)(H,43,47)/t25-,26?,28+,29+,31-/m1/s1. The van der Waals surface area contributed by atoms with E-state index in [-0.39, 0.29) is 35.4 Å². The molecule has 4 fully saturated rings. The minimum Gasteiger partial charge on any atom is -0.347 e. The number of aromatic nitrogens is 2. The maximum Gasteiger partial charge on any atom is 0.289 e. The molecule has 1 saturated heterocycles. The zero-order valence-corrected chi connectivity index (χ0v) is 30.2. The zero-order valence-electron chi connectivity index (χ0n) is 30.2. The van der Waals surface area contributed by atoms with Crippen molar-refractivity contribution in [1.82, 2.24) is 36.1 Å². The van der Waals surface area contributed by atoms with Crippen LogP contribution in [-0.4, -0.2) is 86.9 Å². The van der Waals surface area contributed by atoms with Crippen molar-refractivity contribution in [3.8, 4) is 0 Å². The number of rotatable bonds is 14. The minimum atomic E-state index is -1.01. The number of hydrogen-bond acceptors (Lipinski definition) is 8. The van der Waals surface area contributed by atoms with E-state index in [1.54, 1.807) is 4.90 Å². The van der Waals surface area contributed by atoms with Gasteiger partial charge < -0.3 is 26.2 Å². The van der Waals surface area contributed by atoms with Crippen LogP contribution in [0.5, 0.6) is 0 Å². The Morgan fingerprint density at radius 1 is 0.880 bits per heavy atom. The Bertz CT molecular complexity index is 1410. The molecule has 4 N–H and O–H groups in total. The van der Waals surface area contributed by atoms with Crippen molar-refractivity contribution in [3.05, 3.63) is 24.3 Å². The summed E-state index contributed by atoms with van der Waals surface area (Å²) in [5.74, 6) is -3.13. The summed E-state index contributed by atoms with van der Waals surface area (Å²) < 4.78 is 0. The molecule has 1 unspecified atom stereocenters. The Balaban J connectivity index is 1.36. The normalized spacial score (nSPS) is 23.0. The predicted octanol–water partition coefficient (Wildman–Crippen LogP) is 2.69. The molecular weight excluding hydrogens is 638 g/mol. The van der Waals surface area contributed by atoms with E-state index < -0.39 is 64.9 Å². The Morgan fingerprint density at radius 3 is 2.16 bits per heavy atom. The molecule has 1 aromatic heterocycles. The molecule has 13 heteroatoms. The van der Waals surface area contributed by atoms with E-state index >= 15 is 0 Å². The molecule has 1 aromatic rings. The Labute approximate surface area is 295 Å². The smallest absolute Gasteiger partial charge is 0.289 e. The summed E-state index contributed by atoms with van der Waals surface area (Å²) in [6.45, 7) is 9.90. The van der Waals surface area contributed by atoms with Gasteiger partial charge in [0.05, 0.1) is 12.2 Å². The van der Waals surface area contributed by atoms with Crippen LogP contribution < -0.4 is 21.3 Å². The Morgan fingerprint density at radius 2 is 1.58 bits per heavy atom. The molecule has 1 aliphatic heterocycles. The highest BCUT2D eigenvalue weighted by Gasteiger charge is 2.49. The predicted molar refractivity (Wildman–Crippen MR) is 185 cm³/mol. The summed E-state index contributed by atoms with van der Waals surface area (Å²) in [6.07, 6.45) is 13.2. The van der Waals surface area contributed by atoms with Gasteiger partial charge in [-0.05, 0) is 67.6 Å². The average Bonchev–Trinajstić information content (AvgIpc) is 4.03. The number of Topliss-reactive ketones (excluding diaryl/α,β-unsaturated/α-hetero) is 1. The van der Waals surface area contributed by atoms with Crippen LogP contribution >= 0.6 is 0 Å². The maximum atomic E-state index is 14.6. The van der Waals surface area contributed by atoms with Gasteiger partial charge in [-0.1, -0.05) is 66.7 Å². The summed E-state index contributed by atoms with van der Waals surface area (Å²) in [7, 11) is 0. The van der Waals surface area contributed by atoms with Gasteiger partial charge in [-0.15, -0.1) is 0 Å². The van der Waals surface area contributed by atoms with Gasteiger partial charge in [0.15, 0.2) is 0 Å². The maximum absolute atomic E-state index is 14.6. The molecule has 0 bridgehead atoms. The largest absolute Gasteiger partial charge is 0.347 e. The molecule has 274 valence electrons. The first-order chi connectivity index (χ1) is 23.7. The third-order valence-electron chi connectivity index (χ3n) is 10.8. The first kappa shape index (κ1) is 37.4. The van der Waals surface area contributed by atoms with Gasteiger partial charge in [0.1, 0.15) is 23.8 Å². The van der Waals surface area contributed by atoms with E-state index in [1.165, 1.54) is 18.6 Å². The van der Waals surface area contributed by atoms with Crippen molar-refractivity contribution in [1.29, 1.82) is 0 Å². The molecule has 5 amide bonds. The average molecular weight is 694 g/mol. The van der Waals surface area contributed by atoms with Crippen LogP contribution in [0.4, 0.5) is 0 Å². The highest BCUT2D eigenvalue weighted by molar-refractivity contribution is 6.38. The monoisotopic (exact) mass is 693 g/mol. The SMILES string of the molecule is CC(C)[C@H]1CCN(C(=O)[C@@H](NC(=O)[C@@H](NC(=O)c2cnccn2)C2CCCCC2)C(C)(C)C)[C@@H]1C(=O)NC(CC1CC1)C(=O)C(=O)NC1CC1. The topological polar surface area (TPSA) is 180 Å². The van der Waals surface area contributed by atoms with Gasteiger partial charge in [0.2, 0.25) is 23.5 Å². The first-order valence-corrected chi connectivity index (χ1v) is 18.6. The van der Waals surface area contributed by atoms with E-state index in [0.717, 1.165) is 57.8 Å². The molecule has 0 aromatic carbocycles. The number of carbonyl (C=O) groups excluding carboxylic acids is 6. The van der Waals surface area contributed by atoms with Gasteiger partial charge in [0, 0.05) is 25.0 Å². The lowest BCUT2D eigenvalue weighted by Crippen LogP contribution is -2.62. The number of nitrogens with one attached hydrogen (secondary N) is 4. The van der Waals surface area contributed by atoms with E-state index in [0.29, 0.717) is 19.4 Å². The summed E-state index contributed by atoms with van der Waals surface area (Å²) in [6, 6.07) is -3.73. The Kier molecular flexibility index (Phi) is 11.9. The molecule has 5 rings (SSSR count). The number of carbonyl (C=O) groups is 6. The van der Waals surface area contributed by atoms with Crippen LogP contribution in [0.25, 0.3) is 0 Å². The van der Waals surface area contributed by atoms with Crippen molar-refractivity contribution in [2.45, 2.75) is 135 Å². The third-order valence-corrected chi connectivity index (χ3v) is 10.8. The van der Waals surface area contributed by atoms with Crippen molar-refractivity contribution < 1.29 is 28.8 Å². The summed E-state index contributed by atoms with van der Waals surface area (Å²) in [4.78, 5) is 91.8. The number of nitrogens with zero attached hydrogens (tertiary/aromatic N) is 3. The molecule has 4 aliphatic rings. The number of amides is 5. The first-order valence-electron chi connectivity index (χ1n) is 18.6. The summed E-state index contributed by atoms with van der Waals surface area (Å²) >= 11 is 0. The van der Waals surface area contributed by atoms with E-state index in [1.807, 2.05) is 34.6 Å². The molecule has 3 aliphatic carbocycles. The lowest BCUT2D eigenvalue weighted by atomic mass is 9.82. The Hall–Kier alpha value is -3.90. The van der Waals surface area contributed by atoms with Crippen LogP contribution in [0.2, 0.25) is 0 Å². The van der Waals surface area contributed by atoms with Crippen molar-refractivity contribution in [2.75, 3.05) is 6.54 Å². The molecule has 3 saturated carbocycles. The fourth-order valence-electron chi connectivity index (χ4n) is 7.46. The molecule has 5 atom stereocenters. The van der Waals surface area contributed by atoms with Gasteiger partial charge in [-0.3, -0.25) is 33.8 Å². The molecule has 2 heterocycles. The van der Waals surface area contributed by atoms with Crippen LogP contribution in [0, 0.1) is 29.1 Å². The third kappa shape index (κ3) is 9.45. The van der Waals surface area contributed by atoms with Gasteiger partial charge in [-0.25, -0.2) is 4.98 Å². The lowest BCUT2D eigenvalue weighted by Gasteiger charge is -2.38. The molecule has 50 heavy (non-hydrogen) atoms. The summed E-state index contributed by atoms with van der Waals surface area (Å²) in [5, 5.41) is 11.5. The van der Waals surface area contributed by atoms with Gasteiger partial charge >= 0.3 is 0 Å². The van der Waals surface area contributed by atoms with Crippen LogP contribution in [0.3, 0.4) is 0 Å². The second-order valence-electron chi connectivity index (χ2n) is 16.3. The van der Waals surface area contributed by atoms with Gasteiger partial charge in [-0.2, -0.15) is 0 Å². The quantitative estimate of drug-likeness (QED) is 0.215.